The molecule has 0 atom stereocenters. The molecule has 18 nitrogen and oxygen atoms in total. The molecule has 432 valence electrons. The van der Waals surface area contributed by atoms with Crippen LogP contribution < -0.4 is 45.0 Å². The van der Waals surface area contributed by atoms with Gasteiger partial charge in [0.2, 0.25) is 5.43 Å². The molecule has 2 aliphatic carbocycles. The number of halogens is 4. The van der Waals surface area contributed by atoms with Gasteiger partial charge in [-0.3, -0.25) is 24.4 Å². The maximum Gasteiger partial charge on any atom is 0.341 e. The Morgan fingerprint density at radius 3 is 1.41 bits per heavy atom. The molecule has 0 bridgehead atoms. The number of carboxylic acids is 1. The normalized spacial score (nSPS) is 12.5. The van der Waals surface area contributed by atoms with Gasteiger partial charge in [0.05, 0.1) is 45.0 Å². The van der Waals surface area contributed by atoms with Gasteiger partial charge in [-0.25, -0.2) is 32.3 Å². The van der Waals surface area contributed by atoms with Crippen molar-refractivity contribution in [3.63, 3.8) is 0 Å². The minimum Gasteiger partial charge on any atom is -0.491 e. The number of aromatic carboxylic acids is 1. The van der Waals surface area contributed by atoms with E-state index in [0.29, 0.717) is 67.3 Å². The number of nitrogens with two attached hydrogens (primary N) is 1. The van der Waals surface area contributed by atoms with E-state index in [2.05, 4.69) is 19.9 Å². The first-order chi connectivity index (χ1) is 41.0. The Bertz CT molecular complexity index is 4310. The number of carbonyl (C=O) groups is 2. The topological polar surface area (TPSA) is 231 Å². The third kappa shape index (κ3) is 13.0. The summed E-state index contributed by atoms with van der Waals surface area (Å²) in [5.41, 5.74) is 8.42. The lowest BCUT2D eigenvalue weighted by atomic mass is 9.99. The first kappa shape index (κ1) is 57.6. The molecule has 6 aromatic heterocycles. The van der Waals surface area contributed by atoms with Crippen LogP contribution in [0.4, 0.5) is 23.2 Å². The predicted octanol–water partition coefficient (Wildman–Crippen LogP) is 12.2. The van der Waals surface area contributed by atoms with E-state index >= 15 is 4.39 Å². The summed E-state index contributed by atoms with van der Waals surface area (Å²) >= 11 is 0. The van der Waals surface area contributed by atoms with Gasteiger partial charge in [-0.2, -0.15) is 0 Å². The van der Waals surface area contributed by atoms with Crippen LogP contribution in [-0.4, -0.2) is 74.4 Å². The molecule has 4 aromatic carbocycles. The largest absolute Gasteiger partial charge is 0.491 e. The summed E-state index contributed by atoms with van der Waals surface area (Å²) in [6.07, 6.45) is 13.0. The van der Waals surface area contributed by atoms with Crippen LogP contribution in [-0.2, 0) is 6.42 Å². The summed E-state index contributed by atoms with van der Waals surface area (Å²) in [7, 11) is 5.93. The zero-order chi connectivity index (χ0) is 60.1. The van der Waals surface area contributed by atoms with Crippen LogP contribution in [0.15, 0.2) is 156 Å². The average Bonchev–Trinajstić information content (AvgIpc) is 4.59. The zero-order valence-electron chi connectivity index (χ0n) is 45.8. The Morgan fingerprint density at radius 1 is 0.541 bits per heavy atom. The predicted molar refractivity (Wildman–Crippen MR) is 306 cm³/mol. The highest BCUT2D eigenvalue weighted by Gasteiger charge is 2.28. The average molecular weight is 1160 g/mol. The number of hydrogen-bond acceptors (Lipinski definition) is 15. The number of Topliss-reactive ketones (excluding diaryl/α,β-unsaturated/α-hetero) is 1. The fraction of sp³-hybridized carbons (Fsp3) is 0.175. The fourth-order valence-electron chi connectivity index (χ4n) is 9.01. The van der Waals surface area contributed by atoms with E-state index in [1.54, 1.807) is 65.8 Å². The van der Waals surface area contributed by atoms with Crippen molar-refractivity contribution < 1.29 is 60.7 Å². The lowest BCUT2D eigenvalue weighted by Crippen LogP contribution is -2.21. The SMILES string of the molecule is COc1cc2nccc(Oc3ccc(CC(=O)c4cn(C5CC5)cc(-c5ccc(F)cc5)c4=O)cc3F)c2nc1OC.COc1cc2nccc(Oc3ccc(N)cc3F)c2nc1OC.O=C(O)c1cn(C2CC2)cc(-c2ccc(F)cc2)c1=O. The number of nitrogens with zero attached hydrogens (tertiary/aromatic N) is 6. The van der Waals surface area contributed by atoms with Crippen molar-refractivity contribution in [1.29, 1.82) is 0 Å². The standard InChI is InChI=1S/C32H25F2N3O5.C16H14FN3O3.C15H12FNO3/c1-40-29-15-25-30(36-32(29)41-2)28(11-12-35-25)42-27-10-3-18(13-24(27)34)14-26(38)23-17-37(21-8-9-21)16-22(31(23)39)19-4-6-20(33)7-5-19;1-21-14-8-11-15(20-16(14)22-2)13(5-6-19-11)23-12-4-3-9(18)7-10(12)17;16-10-3-1-9(2-4-10)12-7-17(11-5-6-11)8-13(14(12)18)15(19)20/h3-7,10-13,15-17,21H,8-9,14H2,1-2H3;3-8H,18H2,1-2H3;1-4,7-8,11H,5-6H2,(H,19,20). The fourth-order valence-corrected chi connectivity index (χ4v) is 9.01. The van der Waals surface area contributed by atoms with E-state index in [9.17, 15) is 32.3 Å². The third-order valence-electron chi connectivity index (χ3n) is 13.7. The second-order valence-electron chi connectivity index (χ2n) is 19.5. The van der Waals surface area contributed by atoms with Crippen molar-refractivity contribution in [3.05, 3.63) is 207 Å². The lowest BCUT2D eigenvalue weighted by Gasteiger charge is -2.13. The molecule has 0 saturated heterocycles. The molecule has 22 heteroatoms. The number of benzene rings is 4. The molecule has 0 spiro atoms. The maximum atomic E-state index is 15.2. The lowest BCUT2D eigenvalue weighted by molar-refractivity contribution is 0.0694. The van der Waals surface area contributed by atoms with E-state index in [1.165, 1.54) is 114 Å². The van der Waals surface area contributed by atoms with E-state index in [0.717, 1.165) is 25.7 Å². The summed E-state index contributed by atoms with van der Waals surface area (Å²) < 4.78 is 91.6. The van der Waals surface area contributed by atoms with Gasteiger partial charge < -0.3 is 48.4 Å². The Hall–Kier alpha value is -10.6. The molecule has 2 saturated carbocycles. The molecule has 0 aliphatic heterocycles. The summed E-state index contributed by atoms with van der Waals surface area (Å²) in [6.45, 7) is 0. The van der Waals surface area contributed by atoms with Crippen molar-refractivity contribution in [3.8, 4) is 68.5 Å². The van der Waals surface area contributed by atoms with Crippen molar-refractivity contribution in [2.45, 2.75) is 44.2 Å². The van der Waals surface area contributed by atoms with Gasteiger partial charge in [0.15, 0.2) is 57.3 Å². The Kier molecular flexibility index (Phi) is 16.8. The molecule has 0 radical (unpaired) electrons. The second-order valence-corrected chi connectivity index (χ2v) is 19.5. The number of ketones is 1. The molecule has 12 rings (SSSR count). The smallest absolute Gasteiger partial charge is 0.341 e. The molecule has 2 fully saturated rings. The Balaban J connectivity index is 0.000000157. The van der Waals surface area contributed by atoms with Crippen LogP contribution in [0.25, 0.3) is 44.3 Å². The summed E-state index contributed by atoms with van der Waals surface area (Å²) in [5.74, 6) is -1.85. The molecular formula is C63H51F4N7O11. The van der Waals surface area contributed by atoms with Crippen LogP contribution in [0.2, 0.25) is 0 Å². The van der Waals surface area contributed by atoms with Crippen molar-refractivity contribution in [2.75, 3.05) is 34.2 Å². The molecular weight excluding hydrogens is 1110 g/mol. The quantitative estimate of drug-likeness (QED) is 0.0520. The van der Waals surface area contributed by atoms with Crippen LogP contribution in [0, 0.1) is 23.3 Å². The molecule has 2 aliphatic rings. The molecule has 6 heterocycles. The highest BCUT2D eigenvalue weighted by molar-refractivity contribution is 5.98. The zero-order valence-corrected chi connectivity index (χ0v) is 45.8. The van der Waals surface area contributed by atoms with Crippen molar-refractivity contribution in [1.82, 2.24) is 29.1 Å². The van der Waals surface area contributed by atoms with Crippen LogP contribution in [0.3, 0.4) is 0 Å². The first-order valence-corrected chi connectivity index (χ1v) is 26.3. The van der Waals surface area contributed by atoms with Gasteiger partial charge in [-0.1, -0.05) is 30.3 Å². The van der Waals surface area contributed by atoms with Crippen LogP contribution in [0.1, 0.15) is 64.0 Å². The van der Waals surface area contributed by atoms with Gasteiger partial charge in [0.1, 0.15) is 28.2 Å². The molecule has 85 heavy (non-hydrogen) atoms. The number of carboxylic acid groups (broad SMARTS) is 1. The van der Waals surface area contributed by atoms with Crippen molar-refractivity contribution in [2.24, 2.45) is 0 Å². The first-order valence-electron chi connectivity index (χ1n) is 26.3. The highest BCUT2D eigenvalue weighted by atomic mass is 19.1. The Morgan fingerprint density at radius 2 is 0.988 bits per heavy atom. The minimum absolute atomic E-state index is 0.00293. The number of methoxy groups -OCH3 is 4. The number of ether oxygens (including phenoxy) is 6. The second kappa shape index (κ2) is 24.8. The maximum absolute atomic E-state index is 15.2. The number of anilines is 1. The van der Waals surface area contributed by atoms with Gasteiger partial charge in [-0.15, -0.1) is 0 Å². The van der Waals surface area contributed by atoms with E-state index in [1.807, 2.05) is 4.57 Å². The number of carbonyl (C=O) groups excluding carboxylic acids is 1. The van der Waals surface area contributed by atoms with Gasteiger partial charge in [-0.05, 0) is 90.9 Å². The highest BCUT2D eigenvalue weighted by Crippen LogP contribution is 2.39. The van der Waals surface area contributed by atoms with Crippen LogP contribution in [0.5, 0.6) is 46.3 Å². The van der Waals surface area contributed by atoms with E-state index < -0.39 is 45.9 Å². The summed E-state index contributed by atoms with van der Waals surface area (Å²) in [4.78, 5) is 67.3. The summed E-state index contributed by atoms with van der Waals surface area (Å²) in [6, 6.07) is 26.4. The number of pyridine rings is 6. The van der Waals surface area contributed by atoms with Crippen LogP contribution >= 0.6 is 0 Å². The van der Waals surface area contributed by atoms with E-state index in [4.69, 9.17) is 39.3 Å². The van der Waals surface area contributed by atoms with E-state index in [-0.39, 0.29) is 64.2 Å². The van der Waals surface area contributed by atoms with Gasteiger partial charge in [0.25, 0.3) is 11.8 Å². The van der Waals surface area contributed by atoms with Gasteiger partial charge in [0, 0.05) is 103 Å². The van der Waals surface area contributed by atoms with Gasteiger partial charge >= 0.3 is 5.97 Å². The van der Waals surface area contributed by atoms with Crippen molar-refractivity contribution >= 4 is 39.5 Å². The summed E-state index contributed by atoms with van der Waals surface area (Å²) in [5, 5.41) is 9.13. The molecule has 3 N–H and O–H groups in total. The molecule has 10 aromatic rings. The molecule has 0 unspecified atom stereocenters. The Labute approximate surface area is 481 Å². The number of nitrogen functional groups attached to an aromatic ring is 1. The number of aromatic nitrogens is 6. The minimum atomic E-state index is -1.24. The number of rotatable bonds is 16. The number of hydrogen-bond donors (Lipinski definition) is 2. The molecule has 0 amide bonds. The third-order valence-corrected chi connectivity index (χ3v) is 13.7. The monoisotopic (exact) mass is 1160 g/mol. The number of fused-ring (bicyclic) bond motifs is 2.